The molecule has 0 amide bonds. The van der Waals surface area contributed by atoms with E-state index in [4.69, 9.17) is 5.73 Å². The third-order valence-corrected chi connectivity index (χ3v) is 2.27. The van der Waals surface area contributed by atoms with Crippen molar-refractivity contribution in [2.75, 3.05) is 5.73 Å². The summed E-state index contributed by atoms with van der Waals surface area (Å²) in [6, 6.07) is 1.96. The van der Waals surface area contributed by atoms with Gasteiger partial charge in [0, 0.05) is 21.1 Å². The molecule has 0 radical (unpaired) electrons. The molecule has 60 valence electrons. The molecular weight excluding hydrogens is 272 g/mol. The first-order valence-electron chi connectivity index (χ1n) is 3.16. The summed E-state index contributed by atoms with van der Waals surface area (Å²) in [5.41, 5.74) is 6.64. The number of hydrogen-bond acceptors (Lipinski definition) is 2. The third kappa shape index (κ3) is 2.17. The van der Waals surface area contributed by atoms with Gasteiger partial charge in [0.1, 0.15) is 5.82 Å². The molecule has 2 N–H and O–H groups in total. The average molecular weight is 280 g/mol. The van der Waals surface area contributed by atoms with Gasteiger partial charge in [0.05, 0.1) is 0 Å². The van der Waals surface area contributed by atoms with Gasteiger partial charge in [-0.05, 0) is 28.9 Å². The quantitative estimate of drug-likeness (QED) is 0.803. The molecule has 11 heavy (non-hydrogen) atoms. The van der Waals surface area contributed by atoms with Crippen molar-refractivity contribution in [3.8, 4) is 0 Å². The van der Waals surface area contributed by atoms with Crippen LogP contribution < -0.4 is 5.73 Å². The van der Waals surface area contributed by atoms with Gasteiger partial charge in [0.25, 0.3) is 0 Å². The zero-order valence-corrected chi connectivity index (χ0v) is 9.18. The number of alkyl halides is 1. The van der Waals surface area contributed by atoms with Crippen molar-refractivity contribution in [2.24, 2.45) is 0 Å². The van der Waals surface area contributed by atoms with Crippen LogP contribution in [0.2, 0.25) is 0 Å². The minimum absolute atomic E-state index is 0.243. The summed E-state index contributed by atoms with van der Waals surface area (Å²) in [7, 11) is 0. The van der Waals surface area contributed by atoms with E-state index in [2.05, 4.69) is 36.8 Å². The predicted molar refractivity (Wildman–Crippen MR) is 53.7 cm³/mol. The number of nitrogens with zero attached hydrogens (tertiary/aromatic N) is 1. The Morgan fingerprint density at radius 3 is 2.73 bits per heavy atom. The third-order valence-electron chi connectivity index (χ3n) is 1.34. The molecule has 1 rings (SSSR count). The number of hydrogen-bond donors (Lipinski definition) is 1. The van der Waals surface area contributed by atoms with Crippen LogP contribution in [0.1, 0.15) is 17.3 Å². The summed E-state index contributed by atoms with van der Waals surface area (Å²) < 4.78 is 0.952. The van der Waals surface area contributed by atoms with Gasteiger partial charge in [-0.1, -0.05) is 15.9 Å². The number of halogens is 2. The predicted octanol–water partition coefficient (Wildman–Crippen LogP) is 2.88. The van der Waals surface area contributed by atoms with E-state index in [0.717, 1.165) is 10.0 Å². The summed E-state index contributed by atoms with van der Waals surface area (Å²) in [6.45, 7) is 2.01. The van der Waals surface area contributed by atoms with Crippen LogP contribution in [0.25, 0.3) is 0 Å². The Bertz CT molecular complexity index is 261. The van der Waals surface area contributed by atoms with E-state index in [0.29, 0.717) is 5.82 Å². The van der Waals surface area contributed by atoms with Crippen LogP contribution >= 0.6 is 31.9 Å². The lowest BCUT2D eigenvalue weighted by Gasteiger charge is -2.06. The van der Waals surface area contributed by atoms with Gasteiger partial charge in [-0.2, -0.15) is 0 Å². The summed E-state index contributed by atoms with van der Waals surface area (Å²) in [5, 5.41) is 0. The highest BCUT2D eigenvalue weighted by Gasteiger charge is 2.06. The Kier molecular flexibility index (Phi) is 2.90. The number of aromatic nitrogens is 1. The Hall–Kier alpha value is -0.0900. The van der Waals surface area contributed by atoms with E-state index in [1.165, 1.54) is 0 Å². The lowest BCUT2D eigenvalue weighted by molar-refractivity contribution is 1.09. The molecule has 4 heteroatoms. The van der Waals surface area contributed by atoms with Gasteiger partial charge in [0.2, 0.25) is 0 Å². The molecular formula is C7H8Br2N2. The summed E-state index contributed by atoms with van der Waals surface area (Å²) in [4.78, 5) is 4.24. The van der Waals surface area contributed by atoms with Crippen LogP contribution in [0.15, 0.2) is 16.7 Å². The van der Waals surface area contributed by atoms with Gasteiger partial charge in [-0.15, -0.1) is 0 Å². The molecule has 1 heterocycles. The highest BCUT2D eigenvalue weighted by Crippen LogP contribution is 2.27. The fourth-order valence-corrected chi connectivity index (χ4v) is 1.50. The van der Waals surface area contributed by atoms with E-state index in [1.54, 1.807) is 6.20 Å². The largest absolute Gasteiger partial charge is 0.383 e. The molecule has 0 saturated carbocycles. The normalized spacial score (nSPS) is 13.0. The van der Waals surface area contributed by atoms with Crippen LogP contribution in [0.4, 0.5) is 5.82 Å². The summed E-state index contributed by atoms with van der Waals surface area (Å²) in [5.74, 6) is 0.581. The van der Waals surface area contributed by atoms with Gasteiger partial charge in [-0.25, -0.2) is 4.98 Å². The van der Waals surface area contributed by atoms with Gasteiger partial charge >= 0.3 is 0 Å². The molecule has 2 nitrogen and oxygen atoms in total. The molecule has 0 aromatic carbocycles. The number of pyridine rings is 1. The first-order valence-corrected chi connectivity index (χ1v) is 4.87. The van der Waals surface area contributed by atoms with E-state index in [1.807, 2.05) is 13.0 Å². The van der Waals surface area contributed by atoms with Gasteiger partial charge < -0.3 is 5.73 Å². The van der Waals surface area contributed by atoms with Crippen molar-refractivity contribution in [3.05, 3.63) is 22.3 Å². The first-order chi connectivity index (χ1) is 5.11. The Labute approximate surface area is 82.5 Å². The highest BCUT2D eigenvalue weighted by atomic mass is 79.9. The lowest BCUT2D eigenvalue weighted by atomic mass is 10.2. The maximum absolute atomic E-state index is 5.63. The fraction of sp³-hybridized carbons (Fsp3) is 0.286. The topological polar surface area (TPSA) is 38.9 Å². The standard InChI is InChI=1S/C7H8Br2N2/c1-4(8)6-2-5(9)3-11-7(6)10/h2-4H,1H3,(H2,10,11). The number of nitrogens with two attached hydrogens (primary N) is 1. The fourth-order valence-electron chi connectivity index (χ4n) is 0.784. The van der Waals surface area contributed by atoms with Crippen LogP contribution in [0, 0.1) is 0 Å². The minimum Gasteiger partial charge on any atom is -0.383 e. The zero-order chi connectivity index (χ0) is 8.43. The van der Waals surface area contributed by atoms with Crippen molar-refractivity contribution in [1.82, 2.24) is 4.98 Å². The number of anilines is 1. The number of nitrogen functional groups attached to an aromatic ring is 1. The minimum atomic E-state index is 0.243. The molecule has 1 atom stereocenters. The van der Waals surface area contributed by atoms with Crippen molar-refractivity contribution >= 4 is 37.7 Å². The Morgan fingerprint density at radius 2 is 2.27 bits per heavy atom. The van der Waals surface area contributed by atoms with Crippen molar-refractivity contribution in [3.63, 3.8) is 0 Å². The molecule has 0 bridgehead atoms. The first kappa shape index (κ1) is 9.00. The van der Waals surface area contributed by atoms with Crippen molar-refractivity contribution in [2.45, 2.75) is 11.8 Å². The lowest BCUT2D eigenvalue weighted by Crippen LogP contribution is -1.97. The molecule has 0 aliphatic carbocycles. The molecule has 1 aromatic rings. The summed E-state index contributed by atoms with van der Waals surface area (Å²) >= 11 is 6.75. The SMILES string of the molecule is CC(Br)c1cc(Br)cnc1N. The second-order valence-electron chi connectivity index (χ2n) is 2.24. The molecule has 1 unspecified atom stereocenters. The zero-order valence-electron chi connectivity index (χ0n) is 6.01. The van der Waals surface area contributed by atoms with Gasteiger partial charge in [-0.3, -0.25) is 0 Å². The van der Waals surface area contributed by atoms with Crippen molar-refractivity contribution in [1.29, 1.82) is 0 Å². The second-order valence-corrected chi connectivity index (χ2v) is 4.53. The maximum Gasteiger partial charge on any atom is 0.127 e. The highest BCUT2D eigenvalue weighted by molar-refractivity contribution is 9.10. The van der Waals surface area contributed by atoms with Crippen LogP contribution in [0.5, 0.6) is 0 Å². The molecule has 0 spiro atoms. The summed E-state index contributed by atoms with van der Waals surface area (Å²) in [6.07, 6.45) is 1.69. The van der Waals surface area contributed by atoms with E-state index in [-0.39, 0.29) is 4.83 Å². The average Bonchev–Trinajstić information content (AvgIpc) is 1.94. The van der Waals surface area contributed by atoms with Crippen LogP contribution in [0.3, 0.4) is 0 Å². The van der Waals surface area contributed by atoms with E-state index in [9.17, 15) is 0 Å². The molecule has 0 aliphatic rings. The van der Waals surface area contributed by atoms with Crippen LogP contribution in [-0.4, -0.2) is 4.98 Å². The Balaban J connectivity index is 3.13. The maximum atomic E-state index is 5.63. The Morgan fingerprint density at radius 1 is 1.64 bits per heavy atom. The molecule has 0 fully saturated rings. The van der Waals surface area contributed by atoms with E-state index >= 15 is 0 Å². The molecule has 0 aliphatic heterocycles. The van der Waals surface area contributed by atoms with E-state index < -0.39 is 0 Å². The smallest absolute Gasteiger partial charge is 0.127 e. The van der Waals surface area contributed by atoms with Gasteiger partial charge in [0.15, 0.2) is 0 Å². The number of rotatable bonds is 1. The van der Waals surface area contributed by atoms with Crippen molar-refractivity contribution < 1.29 is 0 Å². The monoisotopic (exact) mass is 278 g/mol. The molecule has 0 saturated heterocycles. The molecule has 1 aromatic heterocycles. The second kappa shape index (κ2) is 3.54. The van der Waals surface area contributed by atoms with Crippen LogP contribution in [-0.2, 0) is 0 Å².